The molecule has 0 saturated heterocycles. The fourth-order valence-corrected chi connectivity index (χ4v) is 1.82. The Morgan fingerprint density at radius 2 is 1.90 bits per heavy atom. The molecule has 0 saturated carbocycles. The molecular formula is C15H10BrFO3. The topological polar surface area (TPSA) is 46.5 Å². The van der Waals surface area contributed by atoms with Gasteiger partial charge in [0.2, 0.25) is 0 Å². The van der Waals surface area contributed by atoms with Crippen molar-refractivity contribution in [3.63, 3.8) is 0 Å². The van der Waals surface area contributed by atoms with Gasteiger partial charge in [-0.3, -0.25) is 0 Å². The average molecular weight is 337 g/mol. The van der Waals surface area contributed by atoms with Crippen molar-refractivity contribution in [2.75, 3.05) is 0 Å². The van der Waals surface area contributed by atoms with Gasteiger partial charge >= 0.3 is 5.97 Å². The SMILES string of the molecule is O=C(O)/C=C/c1ccc(Oc2cc(F)ccc2Br)cc1. The minimum atomic E-state index is -1.01. The lowest BCUT2D eigenvalue weighted by molar-refractivity contribution is -0.131. The lowest BCUT2D eigenvalue weighted by Crippen LogP contribution is -1.88. The van der Waals surface area contributed by atoms with Gasteiger partial charge in [0.1, 0.15) is 17.3 Å². The summed E-state index contributed by atoms with van der Waals surface area (Å²) >= 11 is 3.28. The van der Waals surface area contributed by atoms with Crippen LogP contribution in [0.4, 0.5) is 4.39 Å². The highest BCUT2D eigenvalue weighted by Gasteiger charge is 2.04. The molecule has 0 radical (unpaired) electrons. The third-order valence-corrected chi connectivity index (χ3v) is 3.07. The predicted octanol–water partition coefficient (Wildman–Crippen LogP) is 4.48. The van der Waals surface area contributed by atoms with Crippen LogP contribution in [0.1, 0.15) is 5.56 Å². The number of halogens is 2. The first kappa shape index (κ1) is 14.3. The number of aliphatic carboxylic acids is 1. The Labute approximate surface area is 123 Å². The number of carbonyl (C=O) groups is 1. The van der Waals surface area contributed by atoms with Crippen molar-refractivity contribution in [1.82, 2.24) is 0 Å². The first-order valence-electron chi connectivity index (χ1n) is 5.68. The molecule has 2 aromatic carbocycles. The van der Waals surface area contributed by atoms with Crippen LogP contribution in [0.2, 0.25) is 0 Å². The average Bonchev–Trinajstić information content (AvgIpc) is 2.42. The Morgan fingerprint density at radius 3 is 2.55 bits per heavy atom. The van der Waals surface area contributed by atoms with E-state index >= 15 is 0 Å². The van der Waals surface area contributed by atoms with E-state index in [9.17, 15) is 9.18 Å². The molecule has 0 unspecified atom stereocenters. The van der Waals surface area contributed by atoms with Gasteiger partial charge in [-0.2, -0.15) is 0 Å². The number of carboxylic acids is 1. The summed E-state index contributed by atoms with van der Waals surface area (Å²) in [7, 11) is 0. The zero-order valence-corrected chi connectivity index (χ0v) is 11.8. The Hall–Kier alpha value is -2.14. The van der Waals surface area contributed by atoms with Gasteiger partial charge in [0.05, 0.1) is 4.47 Å². The predicted molar refractivity (Wildman–Crippen MR) is 77.3 cm³/mol. The van der Waals surface area contributed by atoms with Gasteiger partial charge in [-0.05, 0) is 51.8 Å². The Morgan fingerprint density at radius 1 is 1.20 bits per heavy atom. The number of rotatable bonds is 4. The van der Waals surface area contributed by atoms with Crippen molar-refractivity contribution < 1.29 is 19.0 Å². The summed E-state index contributed by atoms with van der Waals surface area (Å²) < 4.78 is 19.3. The van der Waals surface area contributed by atoms with Crippen LogP contribution < -0.4 is 4.74 Å². The summed E-state index contributed by atoms with van der Waals surface area (Å²) in [5, 5.41) is 8.53. The molecule has 2 aromatic rings. The maximum atomic E-state index is 13.1. The third-order valence-electron chi connectivity index (χ3n) is 2.42. The maximum Gasteiger partial charge on any atom is 0.328 e. The van der Waals surface area contributed by atoms with E-state index in [1.807, 2.05) is 0 Å². The van der Waals surface area contributed by atoms with Crippen LogP contribution >= 0.6 is 15.9 Å². The summed E-state index contributed by atoms with van der Waals surface area (Å²) in [4.78, 5) is 10.4. The molecule has 0 aliphatic heterocycles. The zero-order chi connectivity index (χ0) is 14.5. The van der Waals surface area contributed by atoms with Gasteiger partial charge in [-0.1, -0.05) is 12.1 Å². The Balaban J connectivity index is 2.14. The van der Waals surface area contributed by atoms with E-state index in [-0.39, 0.29) is 5.82 Å². The standard InChI is InChI=1S/C15H10BrFO3/c16-13-7-4-11(17)9-14(13)20-12-5-1-10(2-6-12)3-8-15(18)19/h1-9H,(H,18,19)/b8-3+. The number of benzene rings is 2. The molecule has 2 rings (SSSR count). The van der Waals surface area contributed by atoms with Gasteiger partial charge in [0.15, 0.2) is 0 Å². The van der Waals surface area contributed by atoms with E-state index in [2.05, 4.69) is 15.9 Å². The summed E-state index contributed by atoms with van der Waals surface area (Å²) in [6.45, 7) is 0. The third kappa shape index (κ3) is 3.93. The Kier molecular flexibility index (Phi) is 4.53. The van der Waals surface area contributed by atoms with Crippen LogP contribution in [0.3, 0.4) is 0 Å². The number of carboxylic acid groups (broad SMARTS) is 1. The molecule has 0 atom stereocenters. The molecule has 1 N–H and O–H groups in total. The number of hydrogen-bond acceptors (Lipinski definition) is 2. The van der Waals surface area contributed by atoms with Crippen molar-refractivity contribution in [1.29, 1.82) is 0 Å². The quantitative estimate of drug-likeness (QED) is 0.837. The molecule has 0 spiro atoms. The van der Waals surface area contributed by atoms with Gasteiger partial charge in [-0.15, -0.1) is 0 Å². The van der Waals surface area contributed by atoms with Crippen LogP contribution in [0, 0.1) is 5.82 Å². The summed E-state index contributed by atoms with van der Waals surface area (Å²) in [6.07, 6.45) is 2.53. The highest BCUT2D eigenvalue weighted by atomic mass is 79.9. The molecule has 0 heterocycles. The maximum absolute atomic E-state index is 13.1. The molecule has 5 heteroatoms. The molecule has 20 heavy (non-hydrogen) atoms. The number of hydrogen-bond donors (Lipinski definition) is 1. The van der Waals surface area contributed by atoms with Crippen LogP contribution in [0.15, 0.2) is 53.0 Å². The van der Waals surface area contributed by atoms with E-state index in [0.717, 1.165) is 11.6 Å². The molecule has 0 amide bonds. The van der Waals surface area contributed by atoms with Crippen LogP contribution in [0.5, 0.6) is 11.5 Å². The van der Waals surface area contributed by atoms with E-state index in [4.69, 9.17) is 9.84 Å². The molecule has 3 nitrogen and oxygen atoms in total. The van der Waals surface area contributed by atoms with Crippen molar-refractivity contribution in [2.45, 2.75) is 0 Å². The second-order valence-electron chi connectivity index (χ2n) is 3.92. The smallest absolute Gasteiger partial charge is 0.328 e. The normalized spacial score (nSPS) is 10.7. The van der Waals surface area contributed by atoms with Crippen LogP contribution in [-0.4, -0.2) is 11.1 Å². The van der Waals surface area contributed by atoms with E-state index in [0.29, 0.717) is 16.0 Å². The monoisotopic (exact) mass is 336 g/mol. The largest absolute Gasteiger partial charge is 0.478 e. The van der Waals surface area contributed by atoms with Crippen LogP contribution in [-0.2, 0) is 4.79 Å². The second-order valence-corrected chi connectivity index (χ2v) is 4.77. The Bertz CT molecular complexity index is 651. The minimum absolute atomic E-state index is 0.374. The summed E-state index contributed by atoms with van der Waals surface area (Å²) in [5.74, 6) is -0.485. The lowest BCUT2D eigenvalue weighted by atomic mass is 10.2. The van der Waals surface area contributed by atoms with Crippen molar-refractivity contribution in [2.24, 2.45) is 0 Å². The van der Waals surface area contributed by atoms with Gasteiger partial charge in [0, 0.05) is 12.1 Å². The van der Waals surface area contributed by atoms with Crippen LogP contribution in [0.25, 0.3) is 6.08 Å². The lowest BCUT2D eigenvalue weighted by Gasteiger charge is -2.08. The molecule has 0 aromatic heterocycles. The second kappa shape index (κ2) is 6.34. The fourth-order valence-electron chi connectivity index (χ4n) is 1.50. The van der Waals surface area contributed by atoms with Gasteiger partial charge < -0.3 is 9.84 Å². The molecule has 0 bridgehead atoms. The van der Waals surface area contributed by atoms with E-state index in [1.54, 1.807) is 30.3 Å². The molecular weight excluding hydrogens is 327 g/mol. The molecule has 0 fully saturated rings. The summed E-state index contributed by atoms with van der Waals surface area (Å²) in [5.41, 5.74) is 0.734. The molecule has 102 valence electrons. The van der Waals surface area contributed by atoms with E-state index in [1.165, 1.54) is 18.2 Å². The van der Waals surface area contributed by atoms with Crippen molar-refractivity contribution in [3.05, 3.63) is 64.4 Å². The van der Waals surface area contributed by atoms with Crippen molar-refractivity contribution in [3.8, 4) is 11.5 Å². The number of ether oxygens (including phenoxy) is 1. The fraction of sp³-hybridized carbons (Fsp3) is 0. The van der Waals surface area contributed by atoms with E-state index < -0.39 is 5.97 Å². The van der Waals surface area contributed by atoms with Gasteiger partial charge in [0.25, 0.3) is 0 Å². The van der Waals surface area contributed by atoms with Crippen molar-refractivity contribution >= 4 is 28.0 Å². The van der Waals surface area contributed by atoms with Gasteiger partial charge in [-0.25, -0.2) is 9.18 Å². The molecule has 0 aliphatic rings. The highest BCUT2D eigenvalue weighted by molar-refractivity contribution is 9.10. The highest BCUT2D eigenvalue weighted by Crippen LogP contribution is 2.30. The zero-order valence-electron chi connectivity index (χ0n) is 10.2. The summed E-state index contributed by atoms with van der Waals surface area (Å²) in [6, 6.07) is 11.0. The minimum Gasteiger partial charge on any atom is -0.478 e. The first-order chi connectivity index (χ1) is 9.54. The molecule has 0 aliphatic carbocycles. The first-order valence-corrected chi connectivity index (χ1v) is 6.48.